The van der Waals surface area contributed by atoms with Crippen LogP contribution in [0.4, 0.5) is 0 Å². The van der Waals surface area contributed by atoms with Gasteiger partial charge in [-0.15, -0.1) is 0 Å². The van der Waals surface area contributed by atoms with E-state index in [1.54, 1.807) is 6.92 Å². The molecular weight excluding hydrogens is 248 g/mol. The maximum Gasteiger partial charge on any atom is 0.219 e. The molecule has 1 heterocycles. The van der Waals surface area contributed by atoms with Gasteiger partial charge in [0.2, 0.25) is 5.91 Å². The van der Waals surface area contributed by atoms with Gasteiger partial charge in [-0.05, 0) is 43.8 Å². The minimum absolute atomic E-state index is 0.243. The number of carbonyl (C=O) groups is 1. The predicted molar refractivity (Wildman–Crippen MR) is 80.6 cm³/mol. The second kappa shape index (κ2) is 5.96. The van der Waals surface area contributed by atoms with Crippen molar-refractivity contribution in [1.29, 1.82) is 0 Å². The fourth-order valence-electron chi connectivity index (χ4n) is 3.42. The number of hydrogen-bond donors (Lipinski definition) is 1. The summed E-state index contributed by atoms with van der Waals surface area (Å²) in [5, 5.41) is 3.39. The zero-order chi connectivity index (χ0) is 13.9. The average molecular weight is 272 g/mol. The van der Waals surface area contributed by atoms with Crippen LogP contribution in [0, 0.1) is 5.92 Å². The first-order valence-electron chi connectivity index (χ1n) is 7.78. The van der Waals surface area contributed by atoms with Gasteiger partial charge in [-0.3, -0.25) is 4.79 Å². The molecule has 3 rings (SSSR count). The van der Waals surface area contributed by atoms with Crippen molar-refractivity contribution in [1.82, 2.24) is 10.2 Å². The Morgan fingerprint density at radius 1 is 1.25 bits per heavy atom. The highest BCUT2D eigenvalue weighted by atomic mass is 16.2. The number of carbonyl (C=O) groups excluding carboxylic acids is 1. The summed E-state index contributed by atoms with van der Waals surface area (Å²) in [6.45, 7) is 4.87. The molecule has 0 radical (unpaired) electrons. The topological polar surface area (TPSA) is 32.3 Å². The number of rotatable bonds is 4. The molecular formula is C17H24N2O. The van der Waals surface area contributed by atoms with Gasteiger partial charge < -0.3 is 10.2 Å². The molecule has 2 fully saturated rings. The van der Waals surface area contributed by atoms with Crippen molar-refractivity contribution in [2.24, 2.45) is 5.92 Å². The minimum Gasteiger partial charge on any atom is -0.339 e. The quantitative estimate of drug-likeness (QED) is 0.913. The third-order valence-corrected chi connectivity index (χ3v) is 4.70. The Hall–Kier alpha value is -1.35. The first kappa shape index (κ1) is 13.6. The van der Waals surface area contributed by atoms with Crippen LogP contribution in [0.1, 0.15) is 37.7 Å². The van der Waals surface area contributed by atoms with Crippen LogP contribution in [0.2, 0.25) is 0 Å². The Balaban J connectivity index is 1.62. The Kier molecular flexibility index (Phi) is 4.06. The first-order chi connectivity index (χ1) is 9.75. The van der Waals surface area contributed by atoms with Crippen LogP contribution in [0.25, 0.3) is 0 Å². The van der Waals surface area contributed by atoms with Crippen molar-refractivity contribution in [3.05, 3.63) is 35.9 Å². The maximum absolute atomic E-state index is 12.0. The molecule has 20 heavy (non-hydrogen) atoms. The highest BCUT2D eigenvalue weighted by Crippen LogP contribution is 2.45. The van der Waals surface area contributed by atoms with Crippen molar-refractivity contribution in [3.63, 3.8) is 0 Å². The molecule has 1 unspecified atom stereocenters. The molecule has 0 bridgehead atoms. The summed E-state index contributed by atoms with van der Waals surface area (Å²) < 4.78 is 0. The Bertz CT molecular complexity index is 453. The minimum atomic E-state index is 0.243. The maximum atomic E-state index is 12.0. The predicted octanol–water partition coefficient (Wildman–Crippen LogP) is 2.39. The molecule has 1 aliphatic carbocycles. The van der Waals surface area contributed by atoms with Crippen molar-refractivity contribution in [2.75, 3.05) is 19.6 Å². The van der Waals surface area contributed by atoms with Crippen LogP contribution in [-0.4, -0.2) is 36.5 Å². The van der Waals surface area contributed by atoms with Gasteiger partial charge in [0.15, 0.2) is 0 Å². The van der Waals surface area contributed by atoms with Gasteiger partial charge >= 0.3 is 0 Å². The van der Waals surface area contributed by atoms with Crippen LogP contribution in [0.3, 0.4) is 0 Å². The Morgan fingerprint density at radius 2 is 1.95 bits per heavy atom. The molecule has 0 spiro atoms. The lowest BCUT2D eigenvalue weighted by Crippen LogP contribution is -2.40. The van der Waals surface area contributed by atoms with Crippen LogP contribution < -0.4 is 5.32 Å². The van der Waals surface area contributed by atoms with Gasteiger partial charge in [0, 0.05) is 25.4 Å². The fraction of sp³-hybridized carbons (Fsp3) is 0.588. The van der Waals surface area contributed by atoms with E-state index in [1.165, 1.54) is 18.4 Å². The van der Waals surface area contributed by atoms with E-state index in [4.69, 9.17) is 0 Å². The van der Waals surface area contributed by atoms with Crippen LogP contribution >= 0.6 is 0 Å². The molecule has 3 heteroatoms. The Labute approximate surface area is 121 Å². The smallest absolute Gasteiger partial charge is 0.219 e. The van der Waals surface area contributed by atoms with E-state index in [9.17, 15) is 4.79 Å². The monoisotopic (exact) mass is 272 g/mol. The summed E-state index contributed by atoms with van der Waals surface area (Å²) in [6, 6.07) is 11.1. The van der Waals surface area contributed by atoms with Gasteiger partial charge in [0.1, 0.15) is 0 Å². The number of nitrogens with zero attached hydrogens (tertiary/aromatic N) is 1. The van der Waals surface area contributed by atoms with E-state index < -0.39 is 0 Å². The van der Waals surface area contributed by atoms with E-state index >= 15 is 0 Å². The third kappa shape index (κ3) is 3.04. The lowest BCUT2D eigenvalue weighted by molar-refractivity contribution is -0.130. The summed E-state index contributed by atoms with van der Waals surface area (Å²) in [7, 11) is 0. The summed E-state index contributed by atoms with van der Waals surface area (Å²) in [5.74, 6) is 1.48. The number of amides is 1. The van der Waals surface area contributed by atoms with E-state index in [2.05, 4.69) is 40.5 Å². The second-order valence-electron chi connectivity index (χ2n) is 6.18. The fourth-order valence-corrected chi connectivity index (χ4v) is 3.42. The third-order valence-electron chi connectivity index (χ3n) is 4.70. The molecule has 108 valence electrons. The summed E-state index contributed by atoms with van der Waals surface area (Å²) in [5.41, 5.74) is 1.38. The van der Waals surface area contributed by atoms with Gasteiger partial charge in [-0.1, -0.05) is 30.3 Å². The van der Waals surface area contributed by atoms with E-state index in [-0.39, 0.29) is 5.91 Å². The zero-order valence-electron chi connectivity index (χ0n) is 12.2. The normalized spacial score (nSPS) is 26.2. The van der Waals surface area contributed by atoms with Crippen molar-refractivity contribution >= 4 is 5.91 Å². The number of piperidine rings is 1. The van der Waals surface area contributed by atoms with E-state index in [1.807, 2.05) is 0 Å². The Morgan fingerprint density at radius 3 is 2.60 bits per heavy atom. The van der Waals surface area contributed by atoms with E-state index in [0.717, 1.165) is 26.1 Å². The van der Waals surface area contributed by atoms with Crippen LogP contribution in [0.5, 0.6) is 0 Å². The van der Waals surface area contributed by atoms with E-state index in [0.29, 0.717) is 17.9 Å². The molecule has 1 aliphatic heterocycles. The number of nitrogens with one attached hydrogen (secondary N) is 1. The standard InChI is InChI=1S/C17H24N2O/c1-13(20)19(12-14-7-9-18-10-8-14)17-11-16(17)15-5-3-2-4-6-15/h2-6,14,16-18H,7-12H2,1H3/t16?,17-/m0/s1. The van der Waals surface area contributed by atoms with Crippen LogP contribution in [0.15, 0.2) is 30.3 Å². The molecule has 2 aliphatic rings. The zero-order valence-corrected chi connectivity index (χ0v) is 12.2. The molecule has 2 atom stereocenters. The highest BCUT2D eigenvalue weighted by molar-refractivity contribution is 5.74. The molecule has 0 aromatic heterocycles. The van der Waals surface area contributed by atoms with Crippen LogP contribution in [-0.2, 0) is 4.79 Å². The van der Waals surface area contributed by atoms with Crippen molar-refractivity contribution in [2.45, 2.75) is 38.1 Å². The average Bonchev–Trinajstić information content (AvgIpc) is 3.27. The van der Waals surface area contributed by atoms with Crippen molar-refractivity contribution < 1.29 is 4.79 Å². The largest absolute Gasteiger partial charge is 0.339 e. The molecule has 1 saturated heterocycles. The lowest BCUT2D eigenvalue weighted by atomic mass is 9.97. The summed E-state index contributed by atoms with van der Waals surface area (Å²) >= 11 is 0. The number of hydrogen-bond acceptors (Lipinski definition) is 2. The van der Waals surface area contributed by atoms with Gasteiger partial charge in [0.25, 0.3) is 0 Å². The van der Waals surface area contributed by atoms with Gasteiger partial charge in [0.05, 0.1) is 0 Å². The lowest BCUT2D eigenvalue weighted by Gasteiger charge is -2.30. The molecule has 1 N–H and O–H groups in total. The first-order valence-corrected chi connectivity index (χ1v) is 7.78. The molecule has 1 aromatic carbocycles. The number of benzene rings is 1. The highest BCUT2D eigenvalue weighted by Gasteiger charge is 2.44. The molecule has 1 aromatic rings. The van der Waals surface area contributed by atoms with Crippen molar-refractivity contribution in [3.8, 4) is 0 Å². The molecule has 1 amide bonds. The summed E-state index contributed by atoms with van der Waals surface area (Å²) in [4.78, 5) is 14.1. The molecule has 1 saturated carbocycles. The molecule has 3 nitrogen and oxygen atoms in total. The van der Waals surface area contributed by atoms with Gasteiger partial charge in [-0.25, -0.2) is 0 Å². The summed E-state index contributed by atoms with van der Waals surface area (Å²) in [6.07, 6.45) is 3.54. The second-order valence-corrected chi connectivity index (χ2v) is 6.18. The SMILES string of the molecule is CC(=O)N(CC1CCNCC1)[C@H]1CC1c1ccccc1. The van der Waals surface area contributed by atoms with Gasteiger partial charge in [-0.2, -0.15) is 0 Å².